The lowest BCUT2D eigenvalue weighted by Crippen LogP contribution is -2.34. The van der Waals surface area contributed by atoms with E-state index in [1.165, 1.54) is 5.56 Å². The van der Waals surface area contributed by atoms with Crippen molar-refractivity contribution in [1.29, 1.82) is 0 Å². The molecule has 0 radical (unpaired) electrons. The second kappa shape index (κ2) is 4.69. The summed E-state index contributed by atoms with van der Waals surface area (Å²) in [4.78, 5) is 0. The second-order valence-electron chi connectivity index (χ2n) is 6.87. The van der Waals surface area contributed by atoms with Crippen LogP contribution in [0.15, 0.2) is 18.2 Å². The molecule has 96 valence electrons. The molecule has 1 rings (SSSR count). The van der Waals surface area contributed by atoms with Crippen molar-refractivity contribution in [2.24, 2.45) is 11.1 Å². The summed E-state index contributed by atoms with van der Waals surface area (Å²) in [7, 11) is 0. The van der Waals surface area contributed by atoms with Gasteiger partial charge in [0.2, 0.25) is 0 Å². The molecule has 0 fully saturated rings. The smallest absolute Gasteiger partial charge is 0.118 e. The molecular weight excluding hydrogens is 210 g/mol. The van der Waals surface area contributed by atoms with Gasteiger partial charge in [-0.05, 0) is 49.3 Å². The standard InChI is InChI=1S/C15H25NO/c1-14(2,3)9-11-6-7-13(17)12(8-11)10-15(4,5)16/h6-8,17H,9-10,16H2,1-5H3. The van der Waals surface area contributed by atoms with E-state index >= 15 is 0 Å². The van der Waals surface area contributed by atoms with Crippen molar-refractivity contribution in [3.63, 3.8) is 0 Å². The van der Waals surface area contributed by atoms with Crippen LogP contribution < -0.4 is 5.73 Å². The predicted octanol–water partition coefficient (Wildman–Crippen LogP) is 3.26. The first-order valence-corrected chi connectivity index (χ1v) is 6.16. The Balaban J connectivity index is 2.95. The minimum atomic E-state index is -0.294. The SMILES string of the molecule is CC(C)(C)Cc1ccc(O)c(CC(C)(C)N)c1. The van der Waals surface area contributed by atoms with Gasteiger partial charge in [-0.15, -0.1) is 0 Å². The zero-order valence-corrected chi connectivity index (χ0v) is 11.7. The minimum Gasteiger partial charge on any atom is -0.508 e. The fraction of sp³-hybridized carbons (Fsp3) is 0.600. The lowest BCUT2D eigenvalue weighted by molar-refractivity contribution is 0.409. The second-order valence-corrected chi connectivity index (χ2v) is 6.87. The molecule has 2 nitrogen and oxygen atoms in total. The Labute approximate surface area is 105 Å². The maximum atomic E-state index is 9.84. The number of aromatic hydroxyl groups is 1. The van der Waals surface area contributed by atoms with Crippen LogP contribution in [0.25, 0.3) is 0 Å². The highest BCUT2D eigenvalue weighted by molar-refractivity contribution is 5.37. The van der Waals surface area contributed by atoms with Crippen molar-refractivity contribution in [1.82, 2.24) is 0 Å². The minimum absolute atomic E-state index is 0.256. The van der Waals surface area contributed by atoms with E-state index in [-0.39, 0.29) is 11.0 Å². The van der Waals surface area contributed by atoms with Gasteiger partial charge in [0.25, 0.3) is 0 Å². The third kappa shape index (κ3) is 5.22. The number of rotatable bonds is 3. The molecule has 0 aromatic heterocycles. The molecule has 0 saturated carbocycles. The molecule has 0 amide bonds. The summed E-state index contributed by atoms with van der Waals surface area (Å²) in [5.74, 6) is 0.348. The molecule has 3 N–H and O–H groups in total. The van der Waals surface area contributed by atoms with Crippen molar-refractivity contribution in [2.75, 3.05) is 0 Å². The first-order valence-electron chi connectivity index (χ1n) is 6.16. The van der Waals surface area contributed by atoms with E-state index in [1.807, 2.05) is 19.9 Å². The van der Waals surface area contributed by atoms with Gasteiger partial charge >= 0.3 is 0 Å². The summed E-state index contributed by atoms with van der Waals surface area (Å²) < 4.78 is 0. The first-order chi connectivity index (χ1) is 7.57. The highest BCUT2D eigenvalue weighted by Gasteiger charge is 2.16. The molecule has 0 unspecified atom stereocenters. The molecular formula is C15H25NO. The largest absolute Gasteiger partial charge is 0.508 e. The van der Waals surface area contributed by atoms with Crippen LogP contribution in [0.1, 0.15) is 45.7 Å². The highest BCUT2D eigenvalue weighted by Crippen LogP contribution is 2.26. The van der Waals surface area contributed by atoms with Gasteiger partial charge in [0.1, 0.15) is 5.75 Å². The van der Waals surface area contributed by atoms with Crippen LogP contribution in [-0.2, 0) is 12.8 Å². The van der Waals surface area contributed by atoms with E-state index in [1.54, 1.807) is 6.07 Å². The van der Waals surface area contributed by atoms with E-state index in [4.69, 9.17) is 5.73 Å². The summed E-state index contributed by atoms with van der Waals surface area (Å²) in [6, 6.07) is 5.85. The molecule has 1 aromatic carbocycles. The Morgan fingerprint density at radius 2 is 1.65 bits per heavy atom. The Morgan fingerprint density at radius 1 is 1.06 bits per heavy atom. The normalized spacial score (nSPS) is 12.8. The molecule has 2 heteroatoms. The Morgan fingerprint density at radius 3 is 2.12 bits per heavy atom. The molecule has 0 heterocycles. The van der Waals surface area contributed by atoms with Gasteiger partial charge in [0.05, 0.1) is 0 Å². The van der Waals surface area contributed by atoms with Crippen LogP contribution in [0.3, 0.4) is 0 Å². The van der Waals surface area contributed by atoms with E-state index < -0.39 is 0 Å². The van der Waals surface area contributed by atoms with E-state index in [0.717, 1.165) is 12.0 Å². The fourth-order valence-corrected chi connectivity index (χ4v) is 1.99. The summed E-state index contributed by atoms with van der Waals surface area (Å²) in [6.45, 7) is 10.6. The van der Waals surface area contributed by atoms with Crippen LogP contribution in [0.5, 0.6) is 5.75 Å². The number of nitrogens with two attached hydrogens (primary N) is 1. The van der Waals surface area contributed by atoms with Gasteiger partial charge < -0.3 is 10.8 Å². The van der Waals surface area contributed by atoms with Crippen molar-refractivity contribution >= 4 is 0 Å². The number of phenols is 1. The van der Waals surface area contributed by atoms with Gasteiger partial charge in [-0.1, -0.05) is 32.9 Å². The third-order valence-corrected chi connectivity index (χ3v) is 2.52. The first kappa shape index (κ1) is 14.0. The van der Waals surface area contributed by atoms with Gasteiger partial charge in [-0.2, -0.15) is 0 Å². The quantitative estimate of drug-likeness (QED) is 0.844. The van der Waals surface area contributed by atoms with Crippen LogP contribution in [-0.4, -0.2) is 10.6 Å². The average Bonchev–Trinajstić information content (AvgIpc) is 2.05. The van der Waals surface area contributed by atoms with Gasteiger partial charge in [-0.3, -0.25) is 0 Å². The molecule has 0 aliphatic rings. The molecule has 0 aliphatic carbocycles. The molecule has 0 bridgehead atoms. The summed E-state index contributed by atoms with van der Waals surface area (Å²) in [5, 5.41) is 9.84. The number of phenolic OH excluding ortho intramolecular Hbond substituents is 1. The highest BCUT2D eigenvalue weighted by atomic mass is 16.3. The Hall–Kier alpha value is -1.02. The van der Waals surface area contributed by atoms with Crippen LogP contribution in [0.4, 0.5) is 0 Å². The molecule has 0 spiro atoms. The van der Waals surface area contributed by atoms with Crippen LogP contribution in [0.2, 0.25) is 0 Å². The zero-order valence-electron chi connectivity index (χ0n) is 11.7. The third-order valence-electron chi connectivity index (χ3n) is 2.52. The van der Waals surface area contributed by atoms with Crippen molar-refractivity contribution in [3.8, 4) is 5.75 Å². The van der Waals surface area contributed by atoms with E-state index in [0.29, 0.717) is 12.2 Å². The molecule has 0 atom stereocenters. The van der Waals surface area contributed by atoms with E-state index in [9.17, 15) is 5.11 Å². The number of benzene rings is 1. The lowest BCUT2D eigenvalue weighted by Gasteiger charge is -2.22. The topological polar surface area (TPSA) is 46.2 Å². The van der Waals surface area contributed by atoms with E-state index in [2.05, 4.69) is 26.8 Å². The Kier molecular flexibility index (Phi) is 3.88. The van der Waals surface area contributed by atoms with Crippen molar-refractivity contribution < 1.29 is 5.11 Å². The fourth-order valence-electron chi connectivity index (χ4n) is 1.99. The predicted molar refractivity (Wildman–Crippen MR) is 73.2 cm³/mol. The monoisotopic (exact) mass is 235 g/mol. The molecule has 0 saturated heterocycles. The summed E-state index contributed by atoms with van der Waals surface area (Å²) in [6.07, 6.45) is 1.70. The van der Waals surface area contributed by atoms with Crippen molar-refractivity contribution in [2.45, 2.75) is 53.0 Å². The number of hydrogen-bond acceptors (Lipinski definition) is 2. The zero-order chi connectivity index (χ0) is 13.3. The van der Waals surface area contributed by atoms with Crippen LogP contribution in [0, 0.1) is 5.41 Å². The van der Waals surface area contributed by atoms with Gasteiger partial charge in [0, 0.05) is 5.54 Å². The summed E-state index contributed by atoms with van der Waals surface area (Å²) in [5.41, 5.74) is 8.17. The number of hydrogen-bond donors (Lipinski definition) is 2. The average molecular weight is 235 g/mol. The maximum absolute atomic E-state index is 9.84. The van der Waals surface area contributed by atoms with Gasteiger partial charge in [0.15, 0.2) is 0 Å². The maximum Gasteiger partial charge on any atom is 0.118 e. The molecule has 0 aliphatic heterocycles. The molecule has 17 heavy (non-hydrogen) atoms. The molecule has 1 aromatic rings. The lowest BCUT2D eigenvalue weighted by atomic mass is 9.86. The van der Waals surface area contributed by atoms with Gasteiger partial charge in [-0.25, -0.2) is 0 Å². The summed E-state index contributed by atoms with van der Waals surface area (Å²) >= 11 is 0. The van der Waals surface area contributed by atoms with Crippen molar-refractivity contribution in [3.05, 3.63) is 29.3 Å². The van der Waals surface area contributed by atoms with Crippen LogP contribution >= 0.6 is 0 Å². The Bertz CT molecular complexity index is 383.